The minimum atomic E-state index is -0.973. The lowest BCUT2D eigenvalue weighted by Crippen LogP contribution is -2.24. The van der Waals surface area contributed by atoms with E-state index in [4.69, 9.17) is 9.62 Å². The standard InChI is InChI=1S/C14H20O5/c1-6-14(4,5)18-19-17-13(15)16-12-8-7-10(2)9-11(12)3/h7-9H,6H2,1-5H3. The van der Waals surface area contributed by atoms with E-state index in [1.807, 2.05) is 46.8 Å². The van der Waals surface area contributed by atoms with Gasteiger partial charge in [0.1, 0.15) is 11.4 Å². The number of hydrogen-bond donors (Lipinski definition) is 0. The third-order valence-corrected chi connectivity index (χ3v) is 2.74. The maximum Gasteiger partial charge on any atom is 0.548 e. The van der Waals surface area contributed by atoms with Crippen molar-refractivity contribution < 1.29 is 24.3 Å². The van der Waals surface area contributed by atoms with E-state index in [-0.39, 0.29) is 0 Å². The van der Waals surface area contributed by atoms with Crippen molar-refractivity contribution in [2.45, 2.75) is 46.6 Å². The summed E-state index contributed by atoms with van der Waals surface area (Å²) in [4.78, 5) is 20.7. The van der Waals surface area contributed by atoms with Gasteiger partial charge in [-0.3, -0.25) is 0 Å². The van der Waals surface area contributed by atoms with Crippen molar-refractivity contribution in [3.63, 3.8) is 0 Å². The summed E-state index contributed by atoms with van der Waals surface area (Å²) >= 11 is 0. The second-order valence-electron chi connectivity index (χ2n) is 4.97. The molecule has 0 saturated carbocycles. The summed E-state index contributed by atoms with van der Waals surface area (Å²) in [7, 11) is 0. The molecule has 0 heterocycles. The molecule has 0 unspecified atom stereocenters. The van der Waals surface area contributed by atoms with E-state index >= 15 is 0 Å². The van der Waals surface area contributed by atoms with E-state index in [0.717, 1.165) is 11.1 Å². The Labute approximate surface area is 113 Å². The van der Waals surface area contributed by atoms with Crippen LogP contribution >= 0.6 is 0 Å². The summed E-state index contributed by atoms with van der Waals surface area (Å²) < 4.78 is 4.98. The molecule has 106 valence electrons. The number of carbonyl (C=O) groups is 1. The van der Waals surface area contributed by atoms with E-state index < -0.39 is 11.8 Å². The molecule has 1 aromatic carbocycles. The lowest BCUT2D eigenvalue weighted by Gasteiger charge is -2.19. The van der Waals surface area contributed by atoms with E-state index in [1.54, 1.807) is 6.07 Å². The first-order valence-corrected chi connectivity index (χ1v) is 6.15. The first-order chi connectivity index (χ1) is 8.84. The van der Waals surface area contributed by atoms with Crippen LogP contribution in [0.3, 0.4) is 0 Å². The Morgan fingerprint density at radius 1 is 1.26 bits per heavy atom. The Bertz CT molecular complexity index is 439. The van der Waals surface area contributed by atoms with Gasteiger partial charge in [-0.1, -0.05) is 24.6 Å². The molecule has 0 amide bonds. The molecule has 0 aliphatic rings. The van der Waals surface area contributed by atoms with Crippen LogP contribution in [0.2, 0.25) is 0 Å². The van der Waals surface area contributed by atoms with Gasteiger partial charge >= 0.3 is 6.16 Å². The van der Waals surface area contributed by atoms with Crippen molar-refractivity contribution in [2.24, 2.45) is 0 Å². The quantitative estimate of drug-likeness (QED) is 0.351. The second kappa shape index (κ2) is 6.54. The Balaban J connectivity index is 2.43. The van der Waals surface area contributed by atoms with Crippen LogP contribution in [0, 0.1) is 13.8 Å². The van der Waals surface area contributed by atoms with Crippen molar-refractivity contribution in [3.05, 3.63) is 29.3 Å². The number of carbonyl (C=O) groups excluding carboxylic acids is 1. The second-order valence-corrected chi connectivity index (χ2v) is 4.97. The molecule has 0 aromatic heterocycles. The molecule has 0 spiro atoms. The highest BCUT2D eigenvalue weighted by Crippen LogP contribution is 2.19. The Kier molecular flexibility index (Phi) is 5.32. The van der Waals surface area contributed by atoms with E-state index in [9.17, 15) is 4.79 Å². The zero-order valence-corrected chi connectivity index (χ0v) is 12.0. The summed E-state index contributed by atoms with van der Waals surface area (Å²) in [6, 6.07) is 5.44. The van der Waals surface area contributed by atoms with Crippen molar-refractivity contribution in [3.8, 4) is 5.75 Å². The zero-order valence-electron chi connectivity index (χ0n) is 12.0. The lowest BCUT2D eigenvalue weighted by molar-refractivity contribution is -0.515. The monoisotopic (exact) mass is 268 g/mol. The molecule has 0 N–H and O–H groups in total. The van der Waals surface area contributed by atoms with Gasteiger partial charge in [-0.15, -0.1) is 0 Å². The molecule has 0 bridgehead atoms. The molecule has 19 heavy (non-hydrogen) atoms. The fraction of sp³-hybridized carbons (Fsp3) is 0.500. The minimum Gasteiger partial charge on any atom is -0.393 e. The van der Waals surface area contributed by atoms with Gasteiger partial charge in [-0.2, -0.15) is 4.89 Å². The van der Waals surface area contributed by atoms with Gasteiger partial charge in [0.15, 0.2) is 0 Å². The number of rotatable bonds is 5. The normalized spacial score (nSPS) is 11.2. The van der Waals surface area contributed by atoms with Crippen molar-refractivity contribution >= 4 is 6.16 Å². The molecule has 1 aromatic rings. The third-order valence-electron chi connectivity index (χ3n) is 2.74. The smallest absolute Gasteiger partial charge is 0.393 e. The fourth-order valence-corrected chi connectivity index (χ4v) is 1.22. The van der Waals surface area contributed by atoms with Crippen LogP contribution < -0.4 is 4.74 Å². The highest BCUT2D eigenvalue weighted by molar-refractivity contribution is 5.63. The fourth-order valence-electron chi connectivity index (χ4n) is 1.22. The molecular formula is C14H20O5. The van der Waals surface area contributed by atoms with Gasteiger partial charge in [0, 0.05) is 0 Å². The molecule has 0 radical (unpaired) electrons. The number of ether oxygens (including phenoxy) is 1. The van der Waals surface area contributed by atoms with Gasteiger partial charge in [0.2, 0.25) is 0 Å². The molecule has 0 aliphatic carbocycles. The van der Waals surface area contributed by atoms with E-state index in [0.29, 0.717) is 12.2 Å². The topological polar surface area (TPSA) is 54.0 Å². The molecule has 5 heteroatoms. The van der Waals surface area contributed by atoms with Crippen molar-refractivity contribution in [1.29, 1.82) is 0 Å². The van der Waals surface area contributed by atoms with Crippen LogP contribution in [-0.2, 0) is 14.8 Å². The van der Waals surface area contributed by atoms with Gasteiger partial charge in [-0.25, -0.2) is 9.68 Å². The molecule has 0 atom stereocenters. The average molecular weight is 268 g/mol. The van der Waals surface area contributed by atoms with Crippen LogP contribution in [0.25, 0.3) is 0 Å². The molecule has 0 fully saturated rings. The first kappa shape index (κ1) is 15.5. The molecule has 5 nitrogen and oxygen atoms in total. The summed E-state index contributed by atoms with van der Waals surface area (Å²) in [6.45, 7) is 9.35. The third kappa shape index (κ3) is 5.28. The van der Waals surface area contributed by atoms with Gasteiger partial charge < -0.3 is 4.74 Å². The summed E-state index contributed by atoms with van der Waals surface area (Å²) in [5, 5.41) is 4.41. The largest absolute Gasteiger partial charge is 0.548 e. The summed E-state index contributed by atoms with van der Waals surface area (Å²) in [5.41, 5.74) is 1.40. The van der Waals surface area contributed by atoms with Crippen molar-refractivity contribution in [2.75, 3.05) is 0 Å². The average Bonchev–Trinajstić information content (AvgIpc) is 2.32. The first-order valence-electron chi connectivity index (χ1n) is 6.15. The highest BCUT2D eigenvalue weighted by Gasteiger charge is 2.19. The predicted octanol–water partition coefficient (Wildman–Crippen LogP) is 3.87. The van der Waals surface area contributed by atoms with E-state index in [2.05, 4.69) is 9.93 Å². The Morgan fingerprint density at radius 2 is 1.95 bits per heavy atom. The lowest BCUT2D eigenvalue weighted by atomic mass is 10.1. The van der Waals surface area contributed by atoms with Crippen molar-refractivity contribution in [1.82, 2.24) is 0 Å². The molecule has 1 rings (SSSR count). The predicted molar refractivity (Wildman–Crippen MR) is 69.6 cm³/mol. The highest BCUT2D eigenvalue weighted by atomic mass is 17.5. The van der Waals surface area contributed by atoms with Crippen LogP contribution in [0.15, 0.2) is 18.2 Å². The number of benzene rings is 1. The van der Waals surface area contributed by atoms with Crippen LogP contribution in [0.1, 0.15) is 38.3 Å². The Morgan fingerprint density at radius 3 is 2.53 bits per heavy atom. The van der Waals surface area contributed by atoms with Gasteiger partial charge in [0.25, 0.3) is 0 Å². The number of aryl methyl sites for hydroxylation is 2. The van der Waals surface area contributed by atoms with Gasteiger partial charge in [0.05, 0.1) is 0 Å². The SMILES string of the molecule is CCC(C)(C)OOOC(=O)Oc1ccc(C)cc1C. The maximum absolute atomic E-state index is 11.4. The molecule has 0 aliphatic heterocycles. The molecular weight excluding hydrogens is 248 g/mol. The Hall–Kier alpha value is -1.59. The van der Waals surface area contributed by atoms with Gasteiger partial charge in [-0.05, 0) is 50.8 Å². The van der Waals surface area contributed by atoms with Crippen LogP contribution in [0.4, 0.5) is 4.79 Å². The molecule has 0 saturated heterocycles. The maximum atomic E-state index is 11.4. The number of hydrogen-bond acceptors (Lipinski definition) is 5. The summed E-state index contributed by atoms with van der Waals surface area (Å²) in [6.07, 6.45) is -0.262. The van der Waals surface area contributed by atoms with Crippen LogP contribution in [0.5, 0.6) is 5.75 Å². The zero-order chi connectivity index (χ0) is 14.5. The summed E-state index contributed by atoms with van der Waals surface area (Å²) in [5.74, 6) is 0.425. The van der Waals surface area contributed by atoms with Crippen LogP contribution in [-0.4, -0.2) is 11.8 Å². The van der Waals surface area contributed by atoms with E-state index in [1.165, 1.54) is 0 Å². The minimum absolute atomic E-state index is 0.425.